The van der Waals surface area contributed by atoms with Crippen LogP contribution in [-0.4, -0.2) is 27.1 Å². The number of aryl methyl sites for hydroxylation is 1. The molecule has 0 saturated carbocycles. The third kappa shape index (κ3) is 5.02. The van der Waals surface area contributed by atoms with Gasteiger partial charge < -0.3 is 9.88 Å². The van der Waals surface area contributed by atoms with Crippen LogP contribution in [0.2, 0.25) is 0 Å². The average Bonchev–Trinajstić information content (AvgIpc) is 2.78. The highest BCUT2D eigenvalue weighted by atomic mass is 32.2. The van der Waals surface area contributed by atoms with E-state index in [0.29, 0.717) is 11.3 Å². The van der Waals surface area contributed by atoms with Crippen molar-refractivity contribution in [1.82, 2.24) is 14.9 Å². The van der Waals surface area contributed by atoms with Crippen LogP contribution in [0.1, 0.15) is 52.4 Å². The largest absolute Gasteiger partial charge is 0.334 e. The molecule has 1 aromatic heterocycles. The van der Waals surface area contributed by atoms with Gasteiger partial charge in [0, 0.05) is 24.7 Å². The Balaban J connectivity index is 2.69. The molecule has 0 aromatic carbocycles. The molecule has 1 aromatic rings. The minimum atomic E-state index is 0.374. The summed E-state index contributed by atoms with van der Waals surface area (Å²) in [6, 6.07) is 0.374. The molecule has 1 unspecified atom stereocenters. The standard InChI is InChI=1S/C14H27N3S/c1-5-7-15-13(11-18-12(3)4)14-16-8-10-17(14)9-6-2/h8,10,12-13,15H,5-7,9,11H2,1-4H3. The highest BCUT2D eigenvalue weighted by molar-refractivity contribution is 7.99. The first kappa shape index (κ1) is 15.6. The van der Waals surface area contributed by atoms with E-state index >= 15 is 0 Å². The summed E-state index contributed by atoms with van der Waals surface area (Å²) in [6.45, 7) is 11.0. The van der Waals surface area contributed by atoms with Crippen molar-refractivity contribution in [3.8, 4) is 0 Å². The van der Waals surface area contributed by atoms with E-state index in [0.717, 1.165) is 31.7 Å². The SMILES string of the molecule is CCCNC(CSC(C)C)c1nccn1CCC. The van der Waals surface area contributed by atoms with Gasteiger partial charge in [0.2, 0.25) is 0 Å². The molecule has 3 nitrogen and oxygen atoms in total. The van der Waals surface area contributed by atoms with Crippen molar-refractivity contribution < 1.29 is 0 Å². The van der Waals surface area contributed by atoms with Gasteiger partial charge in [-0.2, -0.15) is 11.8 Å². The Morgan fingerprint density at radius 2 is 2.11 bits per heavy atom. The predicted molar refractivity (Wildman–Crippen MR) is 81.1 cm³/mol. The highest BCUT2D eigenvalue weighted by Gasteiger charge is 2.16. The lowest BCUT2D eigenvalue weighted by Gasteiger charge is -2.20. The molecular weight excluding hydrogens is 242 g/mol. The Hall–Kier alpha value is -0.480. The Morgan fingerprint density at radius 3 is 2.72 bits per heavy atom. The number of rotatable bonds is 9. The van der Waals surface area contributed by atoms with Crippen molar-refractivity contribution in [2.45, 2.75) is 58.4 Å². The van der Waals surface area contributed by atoms with Gasteiger partial charge in [-0.15, -0.1) is 0 Å². The smallest absolute Gasteiger partial charge is 0.126 e. The van der Waals surface area contributed by atoms with Crippen molar-refractivity contribution in [3.05, 3.63) is 18.2 Å². The van der Waals surface area contributed by atoms with Crippen LogP contribution in [0.25, 0.3) is 0 Å². The molecule has 0 bridgehead atoms. The van der Waals surface area contributed by atoms with Crippen LogP contribution in [0, 0.1) is 0 Å². The second-order valence-electron chi connectivity index (χ2n) is 4.87. The number of nitrogens with one attached hydrogen (secondary N) is 1. The van der Waals surface area contributed by atoms with Crippen molar-refractivity contribution in [3.63, 3.8) is 0 Å². The normalized spacial score (nSPS) is 13.2. The maximum absolute atomic E-state index is 4.55. The summed E-state index contributed by atoms with van der Waals surface area (Å²) >= 11 is 2.00. The number of nitrogens with zero attached hydrogens (tertiary/aromatic N) is 2. The zero-order valence-corrected chi connectivity index (χ0v) is 13.0. The molecule has 0 spiro atoms. The zero-order chi connectivity index (χ0) is 13.4. The first-order chi connectivity index (χ1) is 8.69. The van der Waals surface area contributed by atoms with Crippen LogP contribution in [-0.2, 0) is 6.54 Å². The van der Waals surface area contributed by atoms with E-state index in [-0.39, 0.29) is 0 Å². The fraction of sp³-hybridized carbons (Fsp3) is 0.786. The summed E-state index contributed by atoms with van der Waals surface area (Å²) in [5.74, 6) is 2.29. The van der Waals surface area contributed by atoms with Gasteiger partial charge in [0.15, 0.2) is 0 Å². The monoisotopic (exact) mass is 269 g/mol. The molecule has 1 N–H and O–H groups in total. The minimum absolute atomic E-state index is 0.374. The molecule has 0 aliphatic carbocycles. The Bertz CT molecular complexity index is 323. The van der Waals surface area contributed by atoms with Gasteiger partial charge in [0.25, 0.3) is 0 Å². The number of aromatic nitrogens is 2. The molecule has 0 radical (unpaired) electrons. The summed E-state index contributed by atoms with van der Waals surface area (Å²) in [7, 11) is 0. The third-order valence-electron chi connectivity index (χ3n) is 2.76. The summed E-state index contributed by atoms with van der Waals surface area (Å²) in [5.41, 5.74) is 0. The van der Waals surface area contributed by atoms with Crippen LogP contribution < -0.4 is 5.32 Å². The van der Waals surface area contributed by atoms with Crippen LogP contribution >= 0.6 is 11.8 Å². The molecule has 1 heterocycles. The summed E-state index contributed by atoms with van der Waals surface area (Å²) in [5, 5.41) is 4.29. The lowest BCUT2D eigenvalue weighted by Crippen LogP contribution is -2.27. The number of hydrogen-bond acceptors (Lipinski definition) is 3. The number of imidazole rings is 1. The van der Waals surface area contributed by atoms with Crippen LogP contribution in [0.15, 0.2) is 12.4 Å². The van der Waals surface area contributed by atoms with Crippen molar-refractivity contribution >= 4 is 11.8 Å². The van der Waals surface area contributed by atoms with Crippen molar-refractivity contribution in [2.75, 3.05) is 12.3 Å². The summed E-state index contributed by atoms with van der Waals surface area (Å²) < 4.78 is 2.29. The van der Waals surface area contributed by atoms with Crippen LogP contribution in [0.3, 0.4) is 0 Å². The molecule has 1 atom stereocenters. The first-order valence-corrected chi connectivity index (χ1v) is 8.09. The molecule has 18 heavy (non-hydrogen) atoms. The highest BCUT2D eigenvalue weighted by Crippen LogP contribution is 2.20. The van der Waals surface area contributed by atoms with Gasteiger partial charge in [0.1, 0.15) is 5.82 Å². The van der Waals surface area contributed by atoms with E-state index in [1.807, 2.05) is 18.0 Å². The molecule has 0 amide bonds. The Kier molecular flexibility index (Phi) is 7.44. The van der Waals surface area contributed by atoms with Gasteiger partial charge in [0.05, 0.1) is 6.04 Å². The van der Waals surface area contributed by atoms with Gasteiger partial charge >= 0.3 is 0 Å². The van der Waals surface area contributed by atoms with Gasteiger partial charge in [-0.3, -0.25) is 0 Å². The first-order valence-electron chi connectivity index (χ1n) is 7.05. The third-order valence-corrected chi connectivity index (χ3v) is 3.95. The molecule has 4 heteroatoms. The molecule has 1 rings (SSSR count). The van der Waals surface area contributed by atoms with E-state index in [4.69, 9.17) is 0 Å². The van der Waals surface area contributed by atoms with Crippen molar-refractivity contribution in [1.29, 1.82) is 0 Å². The molecule has 0 saturated heterocycles. The fourth-order valence-electron chi connectivity index (χ4n) is 1.89. The van der Waals surface area contributed by atoms with Crippen LogP contribution in [0.5, 0.6) is 0 Å². The van der Waals surface area contributed by atoms with E-state index in [1.54, 1.807) is 0 Å². The van der Waals surface area contributed by atoms with Gasteiger partial charge in [-0.25, -0.2) is 4.98 Å². The minimum Gasteiger partial charge on any atom is -0.334 e. The molecule has 104 valence electrons. The maximum atomic E-state index is 4.55. The maximum Gasteiger partial charge on any atom is 0.126 e. The van der Waals surface area contributed by atoms with E-state index in [1.165, 1.54) is 5.82 Å². The van der Waals surface area contributed by atoms with E-state index in [9.17, 15) is 0 Å². The predicted octanol–water partition coefficient (Wildman–Crippen LogP) is 3.48. The Labute approximate surface area is 116 Å². The number of thioether (sulfide) groups is 1. The average molecular weight is 269 g/mol. The lowest BCUT2D eigenvalue weighted by atomic mass is 10.3. The summed E-state index contributed by atoms with van der Waals surface area (Å²) in [4.78, 5) is 4.55. The van der Waals surface area contributed by atoms with Gasteiger partial charge in [-0.1, -0.05) is 27.7 Å². The number of hydrogen-bond donors (Lipinski definition) is 1. The van der Waals surface area contributed by atoms with Crippen LogP contribution in [0.4, 0.5) is 0 Å². The molecular formula is C14H27N3S. The van der Waals surface area contributed by atoms with Gasteiger partial charge in [-0.05, 0) is 24.6 Å². The Morgan fingerprint density at radius 1 is 1.33 bits per heavy atom. The summed E-state index contributed by atoms with van der Waals surface area (Å²) in [6.07, 6.45) is 6.34. The zero-order valence-electron chi connectivity index (χ0n) is 12.1. The molecule has 0 aliphatic rings. The topological polar surface area (TPSA) is 29.9 Å². The second kappa shape index (κ2) is 8.59. The second-order valence-corrected chi connectivity index (χ2v) is 6.48. The molecule has 0 aliphatic heterocycles. The fourth-order valence-corrected chi connectivity index (χ4v) is 2.74. The van der Waals surface area contributed by atoms with Crippen molar-refractivity contribution in [2.24, 2.45) is 0 Å². The lowest BCUT2D eigenvalue weighted by molar-refractivity contribution is 0.513. The quantitative estimate of drug-likeness (QED) is 0.744. The van der Waals surface area contributed by atoms with E-state index < -0.39 is 0 Å². The molecule has 0 fully saturated rings. The van der Waals surface area contributed by atoms with E-state index in [2.05, 4.69) is 48.8 Å².